The van der Waals surface area contributed by atoms with Crippen LogP contribution in [0, 0.1) is 13.8 Å². The van der Waals surface area contributed by atoms with Crippen molar-refractivity contribution >= 4 is 21.8 Å². The van der Waals surface area contributed by atoms with Crippen molar-refractivity contribution in [1.82, 2.24) is 10.3 Å². The van der Waals surface area contributed by atoms with Crippen LogP contribution in [-0.2, 0) is 6.54 Å². The van der Waals surface area contributed by atoms with E-state index in [2.05, 4.69) is 26.2 Å². The van der Waals surface area contributed by atoms with E-state index in [-0.39, 0.29) is 5.91 Å². The Morgan fingerprint density at radius 3 is 2.72 bits per heavy atom. The Hall–Kier alpha value is -1.62. The fourth-order valence-electron chi connectivity index (χ4n) is 1.64. The molecule has 0 atom stereocenters. The first-order valence-corrected chi connectivity index (χ1v) is 6.33. The van der Waals surface area contributed by atoms with E-state index < -0.39 is 0 Å². The summed E-state index contributed by atoms with van der Waals surface area (Å²) in [5.41, 5.74) is 1.41. The third-order valence-electron chi connectivity index (χ3n) is 2.53. The van der Waals surface area contributed by atoms with Gasteiger partial charge in [-0.1, -0.05) is 12.1 Å². The van der Waals surface area contributed by atoms with Gasteiger partial charge in [-0.2, -0.15) is 0 Å². The Morgan fingerprint density at radius 1 is 1.39 bits per heavy atom. The van der Waals surface area contributed by atoms with E-state index in [4.69, 9.17) is 4.42 Å². The SMILES string of the molecule is Cc1nc(C)c(CNC(=O)c2ccccc2Br)o1. The normalized spacial score (nSPS) is 10.4. The van der Waals surface area contributed by atoms with Crippen LogP contribution in [0.5, 0.6) is 0 Å². The van der Waals surface area contributed by atoms with Crippen LogP contribution in [0.25, 0.3) is 0 Å². The molecule has 1 heterocycles. The average molecular weight is 309 g/mol. The number of carbonyl (C=O) groups is 1. The number of hydrogen-bond acceptors (Lipinski definition) is 3. The molecule has 1 amide bonds. The Bertz CT molecular complexity index is 578. The summed E-state index contributed by atoms with van der Waals surface area (Å²) in [6.07, 6.45) is 0. The molecule has 1 aromatic heterocycles. The molecule has 0 aliphatic heterocycles. The van der Waals surface area contributed by atoms with Crippen LogP contribution in [0.3, 0.4) is 0 Å². The van der Waals surface area contributed by atoms with E-state index in [1.165, 1.54) is 0 Å². The van der Waals surface area contributed by atoms with E-state index in [0.29, 0.717) is 23.8 Å². The summed E-state index contributed by atoms with van der Waals surface area (Å²) < 4.78 is 6.16. The highest BCUT2D eigenvalue weighted by atomic mass is 79.9. The molecule has 1 aromatic carbocycles. The van der Waals surface area contributed by atoms with Gasteiger partial charge >= 0.3 is 0 Å². The van der Waals surface area contributed by atoms with Crippen LogP contribution < -0.4 is 5.32 Å². The van der Waals surface area contributed by atoms with Gasteiger partial charge in [-0.05, 0) is 35.0 Å². The van der Waals surface area contributed by atoms with E-state index in [9.17, 15) is 4.79 Å². The molecule has 94 valence electrons. The van der Waals surface area contributed by atoms with Gasteiger partial charge in [-0.25, -0.2) is 4.98 Å². The molecule has 2 aromatic rings. The molecule has 0 radical (unpaired) electrons. The number of aromatic nitrogens is 1. The van der Waals surface area contributed by atoms with Gasteiger partial charge < -0.3 is 9.73 Å². The average Bonchev–Trinajstić information content (AvgIpc) is 2.65. The molecule has 0 unspecified atom stereocenters. The van der Waals surface area contributed by atoms with Gasteiger partial charge in [-0.3, -0.25) is 4.79 Å². The van der Waals surface area contributed by atoms with Crippen molar-refractivity contribution in [3.63, 3.8) is 0 Å². The Labute approximate surface area is 114 Å². The van der Waals surface area contributed by atoms with Crippen LogP contribution in [0.4, 0.5) is 0 Å². The molecule has 2 rings (SSSR count). The molecule has 0 fully saturated rings. The lowest BCUT2D eigenvalue weighted by Crippen LogP contribution is -2.23. The van der Waals surface area contributed by atoms with Crippen LogP contribution in [0.15, 0.2) is 33.2 Å². The number of carbonyl (C=O) groups excluding carboxylic acids is 1. The lowest BCUT2D eigenvalue weighted by molar-refractivity contribution is 0.0947. The van der Waals surface area contributed by atoms with Crippen LogP contribution in [0.1, 0.15) is 27.7 Å². The second-order valence-electron chi connectivity index (χ2n) is 3.90. The standard InChI is InChI=1S/C13H13BrN2O2/c1-8-12(18-9(2)16-8)7-15-13(17)10-5-3-4-6-11(10)14/h3-6H,7H2,1-2H3,(H,15,17). The summed E-state index contributed by atoms with van der Waals surface area (Å²) in [5.74, 6) is 1.15. The van der Waals surface area contributed by atoms with E-state index in [1.54, 1.807) is 13.0 Å². The highest BCUT2D eigenvalue weighted by molar-refractivity contribution is 9.10. The van der Waals surface area contributed by atoms with Crippen molar-refractivity contribution in [1.29, 1.82) is 0 Å². The quantitative estimate of drug-likeness (QED) is 0.948. The summed E-state index contributed by atoms with van der Waals surface area (Å²) in [6, 6.07) is 7.28. The van der Waals surface area contributed by atoms with Crippen LogP contribution in [0.2, 0.25) is 0 Å². The third-order valence-corrected chi connectivity index (χ3v) is 3.22. The Morgan fingerprint density at radius 2 is 2.11 bits per heavy atom. The summed E-state index contributed by atoms with van der Waals surface area (Å²) in [7, 11) is 0. The Kier molecular flexibility index (Phi) is 3.81. The zero-order chi connectivity index (χ0) is 13.1. The number of nitrogens with one attached hydrogen (secondary N) is 1. The molecule has 5 heteroatoms. The molecule has 0 aliphatic rings. The Balaban J connectivity index is 2.05. The van der Waals surface area contributed by atoms with Crippen molar-refractivity contribution < 1.29 is 9.21 Å². The highest BCUT2D eigenvalue weighted by Gasteiger charge is 2.11. The van der Waals surface area contributed by atoms with Crippen LogP contribution >= 0.6 is 15.9 Å². The lowest BCUT2D eigenvalue weighted by atomic mass is 10.2. The highest BCUT2D eigenvalue weighted by Crippen LogP contribution is 2.16. The second kappa shape index (κ2) is 5.35. The van der Waals surface area contributed by atoms with Crippen molar-refractivity contribution in [3.05, 3.63) is 51.6 Å². The molecule has 0 bridgehead atoms. The van der Waals surface area contributed by atoms with Crippen LogP contribution in [-0.4, -0.2) is 10.9 Å². The number of rotatable bonds is 3. The van der Waals surface area contributed by atoms with Crippen molar-refractivity contribution in [2.75, 3.05) is 0 Å². The lowest BCUT2D eigenvalue weighted by Gasteiger charge is -2.05. The largest absolute Gasteiger partial charge is 0.444 e. The number of amides is 1. The first-order chi connectivity index (χ1) is 8.58. The predicted molar refractivity (Wildman–Crippen MR) is 71.3 cm³/mol. The monoisotopic (exact) mass is 308 g/mol. The maximum Gasteiger partial charge on any atom is 0.252 e. The minimum atomic E-state index is -0.143. The fourth-order valence-corrected chi connectivity index (χ4v) is 2.10. The molecule has 0 saturated heterocycles. The van der Waals surface area contributed by atoms with E-state index >= 15 is 0 Å². The maximum absolute atomic E-state index is 12.0. The number of benzene rings is 1. The van der Waals surface area contributed by atoms with Gasteiger partial charge in [0.2, 0.25) is 0 Å². The number of aryl methyl sites for hydroxylation is 2. The van der Waals surface area contributed by atoms with E-state index in [0.717, 1.165) is 10.2 Å². The van der Waals surface area contributed by atoms with Gasteiger partial charge in [0.25, 0.3) is 5.91 Å². The van der Waals surface area contributed by atoms with Gasteiger partial charge in [0.1, 0.15) is 5.76 Å². The summed E-state index contributed by atoms with van der Waals surface area (Å²) in [5, 5.41) is 2.81. The molecule has 0 aliphatic carbocycles. The van der Waals surface area contributed by atoms with Crippen molar-refractivity contribution in [3.8, 4) is 0 Å². The number of halogens is 1. The van der Waals surface area contributed by atoms with E-state index in [1.807, 2.05) is 25.1 Å². The molecular weight excluding hydrogens is 296 g/mol. The minimum absolute atomic E-state index is 0.143. The van der Waals surface area contributed by atoms with Crippen molar-refractivity contribution in [2.45, 2.75) is 20.4 Å². The topological polar surface area (TPSA) is 55.1 Å². The number of hydrogen-bond donors (Lipinski definition) is 1. The maximum atomic E-state index is 12.0. The van der Waals surface area contributed by atoms with Gasteiger partial charge in [0.15, 0.2) is 5.89 Å². The second-order valence-corrected chi connectivity index (χ2v) is 4.76. The van der Waals surface area contributed by atoms with Crippen molar-refractivity contribution in [2.24, 2.45) is 0 Å². The number of oxazole rings is 1. The molecule has 4 nitrogen and oxygen atoms in total. The predicted octanol–water partition coefficient (Wildman–Crippen LogP) is 2.98. The zero-order valence-electron chi connectivity index (χ0n) is 10.2. The smallest absolute Gasteiger partial charge is 0.252 e. The zero-order valence-corrected chi connectivity index (χ0v) is 11.7. The molecule has 1 N–H and O–H groups in total. The molecule has 0 spiro atoms. The fraction of sp³-hybridized carbons (Fsp3) is 0.231. The first-order valence-electron chi connectivity index (χ1n) is 5.53. The molecule has 0 saturated carbocycles. The molecular formula is C13H13BrN2O2. The third kappa shape index (κ3) is 2.79. The summed E-state index contributed by atoms with van der Waals surface area (Å²) in [6.45, 7) is 3.98. The van der Waals surface area contributed by atoms with Gasteiger partial charge in [0.05, 0.1) is 17.8 Å². The number of nitrogens with zero attached hydrogens (tertiary/aromatic N) is 1. The van der Waals surface area contributed by atoms with Gasteiger partial charge in [0, 0.05) is 11.4 Å². The minimum Gasteiger partial charge on any atom is -0.444 e. The molecule has 18 heavy (non-hydrogen) atoms. The first kappa shape index (κ1) is 12.8. The summed E-state index contributed by atoms with van der Waals surface area (Å²) >= 11 is 3.35. The van der Waals surface area contributed by atoms with Gasteiger partial charge in [-0.15, -0.1) is 0 Å². The summed E-state index contributed by atoms with van der Waals surface area (Å²) in [4.78, 5) is 16.1.